The van der Waals surface area contributed by atoms with E-state index in [0.717, 1.165) is 22.3 Å². The molecule has 0 unspecified atom stereocenters. The fraction of sp³-hybridized carbons (Fsp3) is 0.205. The minimum atomic E-state index is -2.20. The molecule has 0 aliphatic carbocycles. The minimum absolute atomic E-state index is 0.145. The average molecular weight is 1310 g/mol. The Morgan fingerprint density at radius 1 is 0.292 bits per heavy atom. The second-order valence-corrected chi connectivity index (χ2v) is 29.1. The van der Waals surface area contributed by atoms with Crippen molar-refractivity contribution in [2.24, 2.45) is 0 Å². The van der Waals surface area contributed by atoms with Crippen molar-refractivity contribution in [1.82, 2.24) is 41.3 Å². The molecule has 4 saturated heterocycles. The molecule has 0 spiro atoms. The summed E-state index contributed by atoms with van der Waals surface area (Å²) < 4.78 is 0. The number of rotatable bonds is 18. The molecule has 4 fully saturated rings. The predicted octanol–water partition coefficient (Wildman–Crippen LogP) is 13.4. The van der Waals surface area contributed by atoms with Crippen molar-refractivity contribution in [1.29, 1.82) is 0 Å². The van der Waals surface area contributed by atoms with Crippen LogP contribution in [0.5, 0.6) is 0 Å². The number of fused-ring (bicyclic) bond motifs is 2. The van der Waals surface area contributed by atoms with Gasteiger partial charge in [0.05, 0.1) is 24.2 Å². The Morgan fingerprint density at radius 3 is 0.698 bits per heavy atom. The summed E-state index contributed by atoms with van der Waals surface area (Å²) in [6.45, 7) is 7.58. The molecule has 0 saturated carbocycles. The molecular weight excluding hydrogens is 1240 g/mol. The quantitative estimate of drug-likeness (QED) is 0.0609. The normalized spacial score (nSPS) is 19.2. The van der Waals surface area contributed by atoms with Crippen LogP contribution in [0.4, 0.5) is 0 Å². The summed E-state index contributed by atoms with van der Waals surface area (Å²) in [5.41, 5.74) is 6.21. The van der Waals surface area contributed by atoms with E-state index in [1.807, 2.05) is 222 Å². The predicted molar refractivity (Wildman–Crippen MR) is 371 cm³/mol. The molecule has 8 atom stereocenters. The molecule has 96 heavy (non-hydrogen) atoms. The maximum absolute atomic E-state index is 15.5. The lowest BCUT2D eigenvalue weighted by molar-refractivity contribution is -0.171. The van der Waals surface area contributed by atoms with Gasteiger partial charge in [0.2, 0.25) is 23.6 Å². The fourth-order valence-corrected chi connectivity index (χ4v) is 21.3. The highest BCUT2D eigenvalue weighted by molar-refractivity contribution is 7.73. The molecular formula is C78H72N8O8P2. The number of hydrogen-bond donors (Lipinski definition) is 4. The third kappa shape index (κ3) is 12.4. The Labute approximate surface area is 560 Å². The molecule has 9 aromatic carbocycles. The summed E-state index contributed by atoms with van der Waals surface area (Å²) in [6.07, 6.45) is -0.579. The van der Waals surface area contributed by atoms with Crippen LogP contribution in [0.2, 0.25) is 0 Å². The van der Waals surface area contributed by atoms with Gasteiger partial charge >= 0.3 is 0 Å². The Hall–Kier alpha value is -10.4. The third-order valence-electron chi connectivity index (χ3n) is 18.5. The van der Waals surface area contributed by atoms with Gasteiger partial charge in [-0.05, 0) is 123 Å². The van der Waals surface area contributed by atoms with Gasteiger partial charge in [0.25, 0.3) is 23.6 Å². The van der Waals surface area contributed by atoms with Crippen molar-refractivity contribution in [2.45, 2.75) is 101 Å². The molecule has 13 rings (SSSR count). The first-order chi connectivity index (χ1) is 46.7. The van der Waals surface area contributed by atoms with Crippen molar-refractivity contribution in [2.75, 3.05) is 0 Å². The first-order valence-electron chi connectivity index (χ1n) is 32.4. The van der Waals surface area contributed by atoms with E-state index in [1.54, 1.807) is 48.5 Å². The summed E-state index contributed by atoms with van der Waals surface area (Å²) in [5.74, 6) is -7.60. The van der Waals surface area contributed by atoms with E-state index in [1.165, 1.54) is 20.0 Å². The van der Waals surface area contributed by atoms with Gasteiger partial charge in [-0.15, -0.1) is 0 Å². The zero-order chi connectivity index (χ0) is 66.7. The lowest BCUT2D eigenvalue weighted by atomic mass is 10.0. The van der Waals surface area contributed by atoms with Crippen LogP contribution >= 0.6 is 15.8 Å². The third-order valence-corrected chi connectivity index (χ3v) is 24.7. The number of hydrogen-bond acceptors (Lipinski definition) is 8. The van der Waals surface area contributed by atoms with E-state index in [0.29, 0.717) is 32.9 Å². The lowest BCUT2D eigenvalue weighted by Gasteiger charge is -2.38. The van der Waals surface area contributed by atoms with Gasteiger partial charge < -0.3 is 21.3 Å². The van der Waals surface area contributed by atoms with Gasteiger partial charge in [0, 0.05) is 47.9 Å². The largest absolute Gasteiger partial charge is 0.346 e. The van der Waals surface area contributed by atoms with E-state index in [-0.39, 0.29) is 71.6 Å². The zero-order valence-electron chi connectivity index (χ0n) is 53.5. The second kappa shape index (κ2) is 27.9. The Bertz CT molecular complexity index is 3910. The highest BCUT2D eigenvalue weighted by Crippen LogP contribution is 2.74. The van der Waals surface area contributed by atoms with Gasteiger partial charge in [-0.2, -0.15) is 0 Å². The van der Waals surface area contributed by atoms with Crippen molar-refractivity contribution < 1.29 is 38.4 Å². The summed E-state index contributed by atoms with van der Waals surface area (Å²) in [7, 11) is -4.41. The number of hydrazine groups is 2. The van der Waals surface area contributed by atoms with Crippen molar-refractivity contribution >= 4 is 73.7 Å². The molecule has 16 nitrogen and oxygen atoms in total. The van der Waals surface area contributed by atoms with E-state index < -0.39 is 86.8 Å². The molecule has 4 N–H and O–H groups in total. The Balaban J connectivity index is 1.07. The van der Waals surface area contributed by atoms with Crippen molar-refractivity contribution in [3.05, 3.63) is 309 Å². The summed E-state index contributed by atoms with van der Waals surface area (Å²) in [4.78, 5) is 123. The fourth-order valence-electron chi connectivity index (χ4n) is 13.8. The number of carbonyl (C=O) groups is 8. The number of nitrogens with one attached hydrogen (secondary N) is 4. The van der Waals surface area contributed by atoms with Crippen LogP contribution in [0.3, 0.4) is 0 Å². The Kier molecular flexibility index (Phi) is 18.7. The van der Waals surface area contributed by atoms with Gasteiger partial charge in [0.1, 0.15) is 23.1 Å². The molecule has 4 aliphatic heterocycles. The number of amides is 8. The smallest absolute Gasteiger partial charge is 0.252 e. The van der Waals surface area contributed by atoms with Crippen LogP contribution in [0.15, 0.2) is 243 Å². The number of benzene rings is 9. The molecule has 18 heteroatoms. The van der Waals surface area contributed by atoms with E-state index >= 15 is 38.4 Å². The monoisotopic (exact) mass is 1310 g/mol. The topological polar surface area (TPSA) is 198 Å². The molecule has 482 valence electrons. The van der Waals surface area contributed by atoms with Gasteiger partial charge in [-0.3, -0.25) is 38.4 Å². The highest BCUT2D eigenvalue weighted by atomic mass is 31.1. The average Bonchev–Trinajstić information content (AvgIpc) is 1.55. The molecule has 4 aliphatic rings. The summed E-state index contributed by atoms with van der Waals surface area (Å²) in [5, 5.41) is 20.2. The summed E-state index contributed by atoms with van der Waals surface area (Å²) in [6, 6.07) is 72.6. The van der Waals surface area contributed by atoms with Gasteiger partial charge in [-0.25, -0.2) is 20.0 Å². The van der Waals surface area contributed by atoms with Crippen LogP contribution in [0.25, 0.3) is 0 Å². The Morgan fingerprint density at radius 2 is 0.479 bits per heavy atom. The van der Waals surface area contributed by atoms with Gasteiger partial charge in [-0.1, -0.05) is 218 Å². The van der Waals surface area contributed by atoms with Crippen molar-refractivity contribution in [3.63, 3.8) is 0 Å². The maximum atomic E-state index is 15.5. The van der Waals surface area contributed by atoms with Crippen molar-refractivity contribution in [3.8, 4) is 0 Å². The molecule has 0 aromatic heterocycles. The maximum Gasteiger partial charge on any atom is 0.252 e. The minimum Gasteiger partial charge on any atom is -0.346 e. The van der Waals surface area contributed by atoms with E-state index in [4.69, 9.17) is 0 Å². The lowest BCUT2D eigenvalue weighted by Crippen LogP contribution is -2.50. The number of nitrogens with zero attached hydrogens (tertiary/aromatic N) is 4. The zero-order valence-corrected chi connectivity index (χ0v) is 55.3. The van der Waals surface area contributed by atoms with E-state index in [9.17, 15) is 0 Å². The van der Waals surface area contributed by atoms with Crippen LogP contribution in [0.1, 0.15) is 187 Å². The molecule has 0 bridgehead atoms. The first kappa shape index (κ1) is 64.3. The first-order valence-corrected chi connectivity index (χ1v) is 35.4. The molecule has 0 radical (unpaired) electrons. The second-order valence-electron chi connectivity index (χ2n) is 24.5. The van der Waals surface area contributed by atoms with Gasteiger partial charge in [0.15, 0.2) is 0 Å². The summed E-state index contributed by atoms with van der Waals surface area (Å²) >= 11 is 0. The van der Waals surface area contributed by atoms with Crippen LogP contribution < -0.4 is 31.9 Å². The van der Waals surface area contributed by atoms with Crippen LogP contribution in [-0.2, 0) is 19.2 Å². The highest BCUT2D eigenvalue weighted by Gasteiger charge is 2.60. The molecule has 4 heterocycles. The van der Waals surface area contributed by atoms with Crippen LogP contribution in [-0.4, -0.2) is 67.3 Å². The number of carbonyl (C=O) groups excluding carboxylic acids is 8. The van der Waals surface area contributed by atoms with E-state index in [2.05, 4.69) is 21.3 Å². The standard InChI is InChI=1S/C78H72N8O8P2/c1-49(53-27-9-5-10-28-53)79-71(91)57-35-17-21-39-61(57)75-83-67(87)45-46-68(88)84(83)76(62-40-22-18-36-58(62)72(92)80-50(2)54-29-11-6-12-30-54)95(75)65-43-25-26-44-66(65)96-77(63-41-23-19-37-59(63)73(93)81-51(3)55-31-13-7-14-32-55)85-69(89)47-48-70(90)86(85)78(96)64-42-24-20-38-60(64)74(94)82-52(4)56-33-15-8-16-34-56/h5-44,49-52,75-78H,45-48H2,1-4H3,(H,79,91)(H,80,92)(H,81,93)(H,82,94)/t49-,50-,51-,52-,75-,76-,77-,78-/m0/s1. The SMILES string of the molecule is C[C@H](NC(=O)c1ccccc1[C@H]1N2C(=O)CCC(=O)N2[C@H](c2ccccc2C(=O)N[C@@H](C)c2ccccc2)P1c1ccccc1P1[C@@H](c2ccccc2C(=O)N[C@@H](C)c2ccccc2)N2C(=O)CCC(=O)N2[C@@H]1c1ccccc1C(=O)N[C@@H](C)c1ccccc1)c1ccccc1. The molecule has 8 amide bonds. The molecule has 9 aromatic rings. The van der Waals surface area contributed by atoms with Crippen LogP contribution in [0, 0.1) is 0 Å².